The minimum absolute atomic E-state index is 0.166. The zero-order valence-electron chi connectivity index (χ0n) is 8.66. The second-order valence-electron chi connectivity index (χ2n) is 2.99. The van der Waals surface area contributed by atoms with Crippen molar-refractivity contribution in [3.05, 3.63) is 17.5 Å². The molecule has 1 aromatic heterocycles. The van der Waals surface area contributed by atoms with Crippen molar-refractivity contribution in [1.82, 2.24) is 15.5 Å². The number of nitrogens with zero attached hydrogens (tertiary/aromatic N) is 1. The van der Waals surface area contributed by atoms with Crippen molar-refractivity contribution in [2.75, 3.05) is 13.7 Å². The van der Waals surface area contributed by atoms with E-state index in [1.165, 1.54) is 13.3 Å². The molecule has 15 heavy (non-hydrogen) atoms. The van der Waals surface area contributed by atoms with E-state index < -0.39 is 0 Å². The van der Waals surface area contributed by atoms with Gasteiger partial charge >= 0.3 is 5.97 Å². The number of hydrogen-bond acceptors (Lipinski definition) is 4. The third kappa shape index (κ3) is 3.08. The van der Waals surface area contributed by atoms with Gasteiger partial charge in [0.15, 0.2) is 0 Å². The molecule has 0 bridgehead atoms. The van der Waals surface area contributed by atoms with Crippen LogP contribution in [0.4, 0.5) is 0 Å². The lowest BCUT2D eigenvalue weighted by Crippen LogP contribution is -2.26. The van der Waals surface area contributed by atoms with E-state index in [0.717, 1.165) is 0 Å². The highest BCUT2D eigenvalue weighted by Gasteiger charge is 2.10. The Morgan fingerprint density at radius 2 is 2.33 bits per heavy atom. The maximum atomic E-state index is 11.5. The van der Waals surface area contributed by atoms with Crippen LogP contribution in [0.1, 0.15) is 22.5 Å². The number of amides is 1. The Bertz CT molecular complexity index is 359. The van der Waals surface area contributed by atoms with E-state index in [1.807, 2.05) is 0 Å². The minimum atomic E-state index is -0.348. The first-order valence-electron chi connectivity index (χ1n) is 4.50. The molecule has 6 nitrogen and oxygen atoms in total. The summed E-state index contributed by atoms with van der Waals surface area (Å²) in [6.07, 6.45) is 1.61. The molecule has 0 fully saturated rings. The van der Waals surface area contributed by atoms with E-state index in [9.17, 15) is 9.59 Å². The summed E-state index contributed by atoms with van der Waals surface area (Å²) in [4.78, 5) is 22.2. The average molecular weight is 211 g/mol. The molecule has 1 aromatic rings. The molecule has 0 radical (unpaired) electrons. The molecule has 0 saturated carbocycles. The van der Waals surface area contributed by atoms with Crippen LogP contribution >= 0.6 is 0 Å². The highest BCUT2D eigenvalue weighted by molar-refractivity contribution is 5.95. The van der Waals surface area contributed by atoms with Crippen LogP contribution in [0.5, 0.6) is 0 Å². The second-order valence-corrected chi connectivity index (χ2v) is 2.99. The maximum Gasteiger partial charge on any atom is 0.307 e. The number of esters is 1. The molecule has 0 atom stereocenters. The number of methoxy groups -OCH3 is 1. The predicted molar refractivity (Wildman–Crippen MR) is 52.3 cm³/mol. The summed E-state index contributed by atoms with van der Waals surface area (Å²) in [7, 11) is 1.31. The Balaban J connectivity index is 2.38. The van der Waals surface area contributed by atoms with Crippen molar-refractivity contribution < 1.29 is 14.3 Å². The number of ether oxygens (including phenoxy) is 1. The predicted octanol–water partition coefficient (Wildman–Crippen LogP) is 0.0110. The van der Waals surface area contributed by atoms with Gasteiger partial charge in [-0.05, 0) is 6.92 Å². The number of aromatic nitrogens is 2. The van der Waals surface area contributed by atoms with Crippen molar-refractivity contribution in [3.8, 4) is 0 Å². The van der Waals surface area contributed by atoms with Gasteiger partial charge in [0, 0.05) is 12.2 Å². The van der Waals surface area contributed by atoms with Crippen LogP contribution in [0.25, 0.3) is 0 Å². The molecular weight excluding hydrogens is 198 g/mol. The molecule has 0 aromatic carbocycles. The van der Waals surface area contributed by atoms with E-state index in [0.29, 0.717) is 11.3 Å². The smallest absolute Gasteiger partial charge is 0.307 e. The Labute approximate surface area is 87.0 Å². The number of hydrogen-bond donors (Lipinski definition) is 2. The van der Waals surface area contributed by atoms with Crippen LogP contribution in [-0.2, 0) is 9.53 Å². The summed E-state index contributed by atoms with van der Waals surface area (Å²) < 4.78 is 4.44. The SMILES string of the molecule is COC(=O)CCNC(=O)c1cn[nH]c1C. The summed E-state index contributed by atoms with van der Waals surface area (Å²) in [6, 6.07) is 0. The zero-order valence-corrected chi connectivity index (χ0v) is 8.66. The lowest BCUT2D eigenvalue weighted by molar-refractivity contribution is -0.140. The third-order valence-corrected chi connectivity index (χ3v) is 1.92. The monoisotopic (exact) mass is 211 g/mol. The highest BCUT2D eigenvalue weighted by Crippen LogP contribution is 2.01. The largest absolute Gasteiger partial charge is 0.469 e. The number of carbonyl (C=O) groups excluding carboxylic acids is 2. The van der Waals surface area contributed by atoms with Crippen LogP contribution in [0, 0.1) is 6.92 Å². The van der Waals surface area contributed by atoms with Crippen molar-refractivity contribution in [2.24, 2.45) is 0 Å². The molecule has 0 unspecified atom stereocenters. The topological polar surface area (TPSA) is 84.1 Å². The van der Waals surface area contributed by atoms with E-state index in [2.05, 4.69) is 20.3 Å². The molecule has 0 spiro atoms. The van der Waals surface area contributed by atoms with E-state index in [1.54, 1.807) is 6.92 Å². The van der Waals surface area contributed by atoms with E-state index >= 15 is 0 Å². The molecule has 0 aliphatic heterocycles. The third-order valence-electron chi connectivity index (χ3n) is 1.92. The van der Waals surface area contributed by atoms with Crippen LogP contribution in [-0.4, -0.2) is 35.7 Å². The van der Waals surface area contributed by atoms with Gasteiger partial charge in [-0.25, -0.2) is 0 Å². The van der Waals surface area contributed by atoms with Gasteiger partial charge in [-0.2, -0.15) is 5.10 Å². The molecule has 1 rings (SSSR count). The maximum absolute atomic E-state index is 11.5. The van der Waals surface area contributed by atoms with Gasteiger partial charge in [0.05, 0.1) is 25.3 Å². The van der Waals surface area contributed by atoms with Gasteiger partial charge in [-0.15, -0.1) is 0 Å². The standard InChI is InChI=1S/C9H13N3O3/c1-6-7(5-11-12-6)9(14)10-4-3-8(13)15-2/h5H,3-4H2,1-2H3,(H,10,14)(H,11,12). The first-order valence-corrected chi connectivity index (χ1v) is 4.50. The van der Waals surface area contributed by atoms with Gasteiger partial charge < -0.3 is 10.1 Å². The molecule has 82 valence electrons. The van der Waals surface area contributed by atoms with Gasteiger partial charge in [-0.3, -0.25) is 14.7 Å². The minimum Gasteiger partial charge on any atom is -0.469 e. The van der Waals surface area contributed by atoms with Crippen molar-refractivity contribution >= 4 is 11.9 Å². The average Bonchev–Trinajstić information content (AvgIpc) is 2.64. The van der Waals surface area contributed by atoms with Crippen molar-refractivity contribution in [3.63, 3.8) is 0 Å². The quantitative estimate of drug-likeness (QED) is 0.687. The van der Waals surface area contributed by atoms with Crippen LogP contribution in [0.3, 0.4) is 0 Å². The number of carbonyl (C=O) groups is 2. The van der Waals surface area contributed by atoms with Crippen molar-refractivity contribution in [1.29, 1.82) is 0 Å². The molecule has 0 saturated heterocycles. The van der Waals surface area contributed by atoms with Crippen LogP contribution in [0.15, 0.2) is 6.20 Å². The molecule has 1 amide bonds. The highest BCUT2D eigenvalue weighted by atomic mass is 16.5. The fraction of sp³-hybridized carbons (Fsp3) is 0.444. The molecule has 2 N–H and O–H groups in total. The summed E-state index contributed by atoms with van der Waals surface area (Å²) >= 11 is 0. The van der Waals surface area contributed by atoms with Crippen LogP contribution < -0.4 is 5.32 Å². The lowest BCUT2D eigenvalue weighted by atomic mass is 10.2. The number of aryl methyl sites for hydroxylation is 1. The molecule has 1 heterocycles. The normalized spacial score (nSPS) is 9.73. The first kappa shape index (κ1) is 11.2. The number of rotatable bonds is 4. The van der Waals surface area contributed by atoms with Gasteiger partial charge in [-0.1, -0.05) is 0 Å². The van der Waals surface area contributed by atoms with Crippen LogP contribution in [0.2, 0.25) is 0 Å². The fourth-order valence-corrected chi connectivity index (χ4v) is 1.06. The molecular formula is C9H13N3O3. The van der Waals surface area contributed by atoms with E-state index in [-0.39, 0.29) is 24.8 Å². The summed E-state index contributed by atoms with van der Waals surface area (Å²) in [5.41, 5.74) is 1.19. The number of H-pyrrole nitrogens is 1. The number of aromatic amines is 1. The number of nitrogens with one attached hydrogen (secondary N) is 2. The Morgan fingerprint density at radius 3 is 2.87 bits per heavy atom. The fourth-order valence-electron chi connectivity index (χ4n) is 1.06. The van der Waals surface area contributed by atoms with Gasteiger partial charge in [0.1, 0.15) is 0 Å². The molecule has 0 aliphatic rings. The summed E-state index contributed by atoms with van der Waals surface area (Å²) in [5.74, 6) is -0.593. The lowest BCUT2D eigenvalue weighted by Gasteiger charge is -2.02. The van der Waals surface area contributed by atoms with Gasteiger partial charge in [0.2, 0.25) is 0 Å². The zero-order chi connectivity index (χ0) is 11.3. The first-order chi connectivity index (χ1) is 7.15. The summed E-state index contributed by atoms with van der Waals surface area (Å²) in [5, 5.41) is 8.97. The van der Waals surface area contributed by atoms with Gasteiger partial charge in [0.25, 0.3) is 5.91 Å². The second kappa shape index (κ2) is 5.14. The summed E-state index contributed by atoms with van der Waals surface area (Å²) in [6.45, 7) is 2.01. The van der Waals surface area contributed by atoms with Crippen molar-refractivity contribution in [2.45, 2.75) is 13.3 Å². The molecule has 0 aliphatic carbocycles. The Morgan fingerprint density at radius 1 is 1.60 bits per heavy atom. The Kier molecular flexibility index (Phi) is 3.84. The van der Waals surface area contributed by atoms with E-state index in [4.69, 9.17) is 0 Å². The Hall–Kier alpha value is -1.85. The molecule has 6 heteroatoms.